The zero-order chi connectivity index (χ0) is 21.4. The first kappa shape index (κ1) is 23.7. The fourth-order valence-electron chi connectivity index (χ4n) is 2.82. The minimum Gasteiger partial charge on any atom is -0.480 e. The van der Waals surface area contributed by atoms with Gasteiger partial charge in [-0.2, -0.15) is 12.6 Å². The SMILES string of the molecule is CC(NC(=O)C(N)CCC(N)=O)C(=O)N1CCCC1C(=O)NC(CS)C(=O)O. The lowest BCUT2D eigenvalue weighted by molar-refractivity contribution is -0.144. The highest BCUT2D eigenvalue weighted by molar-refractivity contribution is 7.80. The number of carbonyl (C=O) groups excluding carboxylic acids is 4. The van der Waals surface area contributed by atoms with Gasteiger partial charge in [0.1, 0.15) is 18.1 Å². The monoisotopic (exact) mass is 417 g/mol. The second-order valence-corrected chi connectivity index (χ2v) is 6.98. The summed E-state index contributed by atoms with van der Waals surface area (Å²) in [7, 11) is 0. The third-order valence-electron chi connectivity index (χ3n) is 4.40. The van der Waals surface area contributed by atoms with Crippen molar-refractivity contribution in [2.45, 2.75) is 56.8 Å². The van der Waals surface area contributed by atoms with E-state index in [4.69, 9.17) is 16.6 Å². The van der Waals surface area contributed by atoms with Crippen LogP contribution < -0.4 is 22.1 Å². The Balaban J connectivity index is 2.67. The lowest BCUT2D eigenvalue weighted by atomic mass is 10.1. The summed E-state index contributed by atoms with van der Waals surface area (Å²) < 4.78 is 0. The second kappa shape index (κ2) is 10.9. The first-order valence-electron chi connectivity index (χ1n) is 8.87. The molecule has 7 N–H and O–H groups in total. The number of hydrogen-bond acceptors (Lipinski definition) is 7. The molecule has 12 heteroatoms. The van der Waals surface area contributed by atoms with Crippen LogP contribution in [-0.4, -0.2) is 76.1 Å². The fraction of sp³-hybridized carbons (Fsp3) is 0.688. The molecular weight excluding hydrogens is 390 g/mol. The predicted octanol–water partition coefficient (Wildman–Crippen LogP) is -2.43. The number of rotatable bonds is 10. The number of likely N-dealkylation sites (tertiary alicyclic amines) is 1. The van der Waals surface area contributed by atoms with Crippen LogP contribution in [0, 0.1) is 0 Å². The summed E-state index contributed by atoms with van der Waals surface area (Å²) in [6.07, 6.45) is 0.953. The van der Waals surface area contributed by atoms with Gasteiger partial charge in [0.2, 0.25) is 23.6 Å². The molecule has 0 aromatic heterocycles. The van der Waals surface area contributed by atoms with E-state index in [2.05, 4.69) is 23.3 Å². The van der Waals surface area contributed by atoms with E-state index in [1.165, 1.54) is 11.8 Å². The van der Waals surface area contributed by atoms with Gasteiger partial charge in [0.15, 0.2) is 0 Å². The number of carboxylic acids is 1. The Labute approximate surface area is 168 Å². The molecule has 4 atom stereocenters. The molecule has 0 aromatic rings. The quantitative estimate of drug-likeness (QED) is 0.213. The van der Waals surface area contributed by atoms with Crippen molar-refractivity contribution < 1.29 is 29.1 Å². The average molecular weight is 417 g/mol. The molecule has 11 nitrogen and oxygen atoms in total. The van der Waals surface area contributed by atoms with E-state index in [1.807, 2.05) is 0 Å². The Morgan fingerprint density at radius 2 is 1.89 bits per heavy atom. The van der Waals surface area contributed by atoms with Gasteiger partial charge in [0.25, 0.3) is 0 Å². The smallest absolute Gasteiger partial charge is 0.327 e. The Hall–Kier alpha value is -2.34. The molecule has 0 radical (unpaired) electrons. The van der Waals surface area contributed by atoms with Crippen LogP contribution >= 0.6 is 12.6 Å². The van der Waals surface area contributed by atoms with E-state index in [9.17, 15) is 24.0 Å². The van der Waals surface area contributed by atoms with E-state index < -0.39 is 53.8 Å². The number of carboxylic acid groups (broad SMARTS) is 1. The number of nitrogens with zero attached hydrogens (tertiary/aromatic N) is 1. The maximum absolute atomic E-state index is 12.7. The highest BCUT2D eigenvalue weighted by Gasteiger charge is 2.37. The third-order valence-corrected chi connectivity index (χ3v) is 4.77. The van der Waals surface area contributed by atoms with E-state index >= 15 is 0 Å². The Kier molecular flexibility index (Phi) is 9.19. The van der Waals surface area contributed by atoms with Crippen LogP contribution in [-0.2, 0) is 24.0 Å². The highest BCUT2D eigenvalue weighted by atomic mass is 32.1. The number of nitrogens with one attached hydrogen (secondary N) is 2. The molecule has 1 aliphatic rings. The molecule has 158 valence electrons. The summed E-state index contributed by atoms with van der Waals surface area (Å²) in [4.78, 5) is 60.2. The van der Waals surface area contributed by atoms with Gasteiger partial charge in [-0.3, -0.25) is 19.2 Å². The third kappa shape index (κ3) is 6.68. The van der Waals surface area contributed by atoms with Crippen molar-refractivity contribution >= 4 is 42.2 Å². The van der Waals surface area contributed by atoms with Gasteiger partial charge in [0.05, 0.1) is 6.04 Å². The number of carbonyl (C=O) groups is 5. The molecule has 0 bridgehead atoms. The topological polar surface area (TPSA) is 185 Å². The summed E-state index contributed by atoms with van der Waals surface area (Å²) in [5, 5.41) is 13.8. The molecule has 0 aliphatic carbocycles. The molecular formula is C16H27N5O6S. The van der Waals surface area contributed by atoms with Crippen molar-refractivity contribution in [2.75, 3.05) is 12.3 Å². The van der Waals surface area contributed by atoms with Crippen LogP contribution in [0.4, 0.5) is 0 Å². The maximum atomic E-state index is 12.7. The van der Waals surface area contributed by atoms with Gasteiger partial charge in [-0.15, -0.1) is 0 Å². The zero-order valence-corrected chi connectivity index (χ0v) is 16.5. The van der Waals surface area contributed by atoms with Crippen LogP contribution in [0.2, 0.25) is 0 Å². The van der Waals surface area contributed by atoms with Gasteiger partial charge in [-0.1, -0.05) is 0 Å². The molecule has 1 saturated heterocycles. The van der Waals surface area contributed by atoms with Crippen LogP contribution in [0.1, 0.15) is 32.6 Å². The molecule has 28 heavy (non-hydrogen) atoms. The Morgan fingerprint density at radius 1 is 1.25 bits per heavy atom. The van der Waals surface area contributed by atoms with Crippen molar-refractivity contribution in [1.82, 2.24) is 15.5 Å². The molecule has 0 aromatic carbocycles. The van der Waals surface area contributed by atoms with E-state index in [1.54, 1.807) is 0 Å². The molecule has 1 heterocycles. The van der Waals surface area contributed by atoms with Gasteiger partial charge < -0.3 is 32.1 Å². The summed E-state index contributed by atoms with van der Waals surface area (Å²) in [6.45, 7) is 1.77. The van der Waals surface area contributed by atoms with Gasteiger partial charge >= 0.3 is 5.97 Å². The Morgan fingerprint density at radius 3 is 2.43 bits per heavy atom. The number of amides is 4. The number of hydrogen-bond donors (Lipinski definition) is 6. The van der Waals surface area contributed by atoms with Gasteiger partial charge in [0, 0.05) is 18.7 Å². The number of thiol groups is 1. The maximum Gasteiger partial charge on any atom is 0.327 e. The summed E-state index contributed by atoms with van der Waals surface area (Å²) in [5.74, 6) is -3.56. The minimum absolute atomic E-state index is 0.0527. The molecule has 4 unspecified atom stereocenters. The van der Waals surface area contributed by atoms with Gasteiger partial charge in [-0.05, 0) is 26.2 Å². The highest BCUT2D eigenvalue weighted by Crippen LogP contribution is 2.19. The minimum atomic E-state index is -1.22. The summed E-state index contributed by atoms with van der Waals surface area (Å²) in [6, 6.07) is -3.92. The van der Waals surface area contributed by atoms with Crippen LogP contribution in [0.5, 0.6) is 0 Å². The van der Waals surface area contributed by atoms with Crippen molar-refractivity contribution in [1.29, 1.82) is 0 Å². The largest absolute Gasteiger partial charge is 0.480 e. The summed E-state index contributed by atoms with van der Waals surface area (Å²) in [5.41, 5.74) is 10.7. The van der Waals surface area contributed by atoms with E-state index in [-0.39, 0.29) is 18.6 Å². The molecule has 1 fully saturated rings. The number of nitrogens with two attached hydrogens (primary N) is 2. The van der Waals surface area contributed by atoms with Crippen molar-refractivity contribution in [3.8, 4) is 0 Å². The van der Waals surface area contributed by atoms with Crippen LogP contribution in [0.3, 0.4) is 0 Å². The first-order chi connectivity index (χ1) is 13.1. The molecule has 4 amide bonds. The molecule has 1 rings (SSSR count). The molecule has 1 aliphatic heterocycles. The predicted molar refractivity (Wildman–Crippen MR) is 102 cm³/mol. The van der Waals surface area contributed by atoms with Crippen LogP contribution in [0.15, 0.2) is 0 Å². The number of primary amides is 1. The zero-order valence-electron chi connectivity index (χ0n) is 15.6. The van der Waals surface area contributed by atoms with E-state index in [0.29, 0.717) is 19.4 Å². The number of aliphatic carboxylic acids is 1. The van der Waals surface area contributed by atoms with E-state index in [0.717, 1.165) is 0 Å². The van der Waals surface area contributed by atoms with Crippen molar-refractivity contribution in [3.05, 3.63) is 0 Å². The molecule has 0 saturated carbocycles. The second-order valence-electron chi connectivity index (χ2n) is 6.61. The summed E-state index contributed by atoms with van der Waals surface area (Å²) >= 11 is 3.89. The normalized spacial score (nSPS) is 19.4. The van der Waals surface area contributed by atoms with Crippen molar-refractivity contribution in [3.63, 3.8) is 0 Å². The first-order valence-corrected chi connectivity index (χ1v) is 9.50. The van der Waals surface area contributed by atoms with Crippen molar-refractivity contribution in [2.24, 2.45) is 11.5 Å². The lowest BCUT2D eigenvalue weighted by Gasteiger charge is -2.28. The van der Waals surface area contributed by atoms with Gasteiger partial charge in [-0.25, -0.2) is 4.79 Å². The lowest BCUT2D eigenvalue weighted by Crippen LogP contribution is -2.56. The fourth-order valence-corrected chi connectivity index (χ4v) is 3.06. The van der Waals surface area contributed by atoms with Crippen LogP contribution in [0.25, 0.3) is 0 Å². The Bertz CT molecular complexity index is 631. The average Bonchev–Trinajstić information content (AvgIpc) is 3.12. The molecule has 0 spiro atoms. The standard InChI is InChI=1S/C16H27N5O6S/c1-8(19-13(23)9(17)4-5-12(18)22)15(25)21-6-2-3-11(21)14(24)20-10(7-28)16(26)27/h8-11,28H,2-7,17H2,1H3,(H2,18,22)(H,19,23)(H,20,24)(H,26,27).